The summed E-state index contributed by atoms with van der Waals surface area (Å²) in [6, 6.07) is 0. The van der Waals surface area contributed by atoms with Gasteiger partial charge in [0.1, 0.15) is 0 Å². The lowest BCUT2D eigenvalue weighted by Crippen LogP contribution is -2.45. The van der Waals surface area contributed by atoms with Crippen LogP contribution in [0.1, 0.15) is 12.8 Å². The normalized spacial score (nSPS) is 49.7. The average molecular weight is 238 g/mol. The second-order valence-electron chi connectivity index (χ2n) is 2.81. The summed E-state index contributed by atoms with van der Waals surface area (Å²) in [4.78, 5) is 0. The first-order valence-corrected chi connectivity index (χ1v) is 4.77. The highest BCUT2D eigenvalue weighted by Gasteiger charge is 2.34. The minimum absolute atomic E-state index is 0.774. The number of hydrogen-bond acceptors (Lipinski definition) is 2. The Labute approximate surface area is 69.1 Å². The number of alkyl halides is 1. The first-order chi connectivity index (χ1) is 4.38. The molecule has 2 aliphatic rings. The van der Waals surface area contributed by atoms with Crippen LogP contribution in [-0.2, 0) is 0 Å². The summed E-state index contributed by atoms with van der Waals surface area (Å²) in [5, 5.41) is 2.37. The van der Waals surface area contributed by atoms with E-state index in [1.165, 1.54) is 25.9 Å². The monoisotopic (exact) mass is 238 g/mol. The van der Waals surface area contributed by atoms with Gasteiger partial charge in [0.15, 0.2) is 0 Å². The van der Waals surface area contributed by atoms with Crippen LogP contribution in [0, 0.1) is 5.92 Å². The summed E-state index contributed by atoms with van der Waals surface area (Å²) in [6.07, 6.45) is 2.78. The molecule has 52 valence electrons. The van der Waals surface area contributed by atoms with Crippen LogP contribution in [0.25, 0.3) is 0 Å². The van der Waals surface area contributed by atoms with Crippen LogP contribution in [0.15, 0.2) is 0 Å². The van der Waals surface area contributed by atoms with Gasteiger partial charge in [-0.25, -0.2) is 5.01 Å². The molecular weight excluding hydrogens is 227 g/mol. The van der Waals surface area contributed by atoms with Crippen LogP contribution >= 0.6 is 22.6 Å². The van der Waals surface area contributed by atoms with Crippen LogP contribution in [0.5, 0.6) is 0 Å². The van der Waals surface area contributed by atoms with Gasteiger partial charge in [0.2, 0.25) is 0 Å². The van der Waals surface area contributed by atoms with Gasteiger partial charge < -0.3 is 0 Å². The molecule has 2 rings (SSSR count). The third-order valence-corrected chi connectivity index (χ3v) is 3.95. The smallest absolute Gasteiger partial charge is 0.0786 e. The Bertz CT molecular complexity index is 102. The van der Waals surface area contributed by atoms with Gasteiger partial charge in [-0.15, -0.1) is 0 Å². The van der Waals surface area contributed by atoms with Gasteiger partial charge in [0, 0.05) is 13.1 Å². The summed E-state index contributed by atoms with van der Waals surface area (Å²) in [5.74, 6) is 0.979. The van der Waals surface area contributed by atoms with Gasteiger partial charge in [-0.2, -0.15) is 0 Å². The molecule has 2 nitrogen and oxygen atoms in total. The van der Waals surface area contributed by atoms with Gasteiger partial charge in [-0.05, 0) is 18.8 Å². The molecule has 0 radical (unpaired) electrons. The maximum Gasteiger partial charge on any atom is 0.0786 e. The molecule has 0 amide bonds. The van der Waals surface area contributed by atoms with E-state index in [4.69, 9.17) is 0 Å². The van der Waals surface area contributed by atoms with Crippen molar-refractivity contribution in [2.75, 3.05) is 13.1 Å². The first-order valence-electron chi connectivity index (χ1n) is 3.52. The number of nitrogens with zero attached hydrogens (tertiary/aromatic N) is 1. The van der Waals surface area contributed by atoms with E-state index in [9.17, 15) is 0 Å². The lowest BCUT2D eigenvalue weighted by Gasteiger charge is -2.28. The van der Waals surface area contributed by atoms with Crippen LogP contribution < -0.4 is 5.43 Å². The number of hydrazine groups is 1. The van der Waals surface area contributed by atoms with E-state index in [1.807, 2.05) is 0 Å². The lowest BCUT2D eigenvalue weighted by molar-refractivity contribution is 0.178. The lowest BCUT2D eigenvalue weighted by atomic mass is 10.1. The molecule has 0 aromatic carbocycles. The van der Waals surface area contributed by atoms with Crippen molar-refractivity contribution in [1.29, 1.82) is 0 Å². The van der Waals surface area contributed by atoms with Crippen LogP contribution in [0.3, 0.4) is 0 Å². The largest absolute Gasteiger partial charge is 0.254 e. The summed E-state index contributed by atoms with van der Waals surface area (Å²) in [6.45, 7) is 2.46. The number of hydrogen-bond donors (Lipinski definition) is 1. The Kier molecular flexibility index (Phi) is 1.67. The van der Waals surface area contributed by atoms with E-state index >= 15 is 0 Å². The molecule has 2 heterocycles. The highest BCUT2D eigenvalue weighted by Crippen LogP contribution is 2.32. The Balaban J connectivity index is 2.10. The predicted molar refractivity (Wildman–Crippen MR) is 45.2 cm³/mol. The third kappa shape index (κ3) is 0.991. The quantitative estimate of drug-likeness (QED) is 0.384. The fraction of sp³-hybridized carbons (Fsp3) is 1.00. The van der Waals surface area contributed by atoms with Crippen molar-refractivity contribution in [1.82, 2.24) is 10.4 Å². The zero-order chi connectivity index (χ0) is 6.27. The first kappa shape index (κ1) is 6.37. The Morgan fingerprint density at radius 1 is 1.44 bits per heavy atom. The van der Waals surface area contributed by atoms with Crippen molar-refractivity contribution in [2.45, 2.75) is 16.9 Å². The van der Waals surface area contributed by atoms with Crippen molar-refractivity contribution < 1.29 is 0 Å². The molecule has 9 heavy (non-hydrogen) atoms. The van der Waals surface area contributed by atoms with E-state index in [1.54, 1.807) is 0 Å². The van der Waals surface area contributed by atoms with Gasteiger partial charge in [-0.1, -0.05) is 22.6 Å². The number of halogens is 1. The third-order valence-electron chi connectivity index (χ3n) is 2.26. The Hall–Kier alpha value is 0.650. The zero-order valence-electron chi connectivity index (χ0n) is 5.31. The van der Waals surface area contributed by atoms with E-state index in [2.05, 4.69) is 33.0 Å². The second-order valence-corrected chi connectivity index (χ2v) is 4.09. The summed E-state index contributed by atoms with van der Waals surface area (Å²) in [5.41, 5.74) is 3.39. The minimum atomic E-state index is 0.774. The van der Waals surface area contributed by atoms with Crippen molar-refractivity contribution >= 4 is 22.6 Å². The molecule has 0 aromatic heterocycles. The van der Waals surface area contributed by atoms with Crippen LogP contribution in [0.2, 0.25) is 0 Å². The number of nitrogens with one attached hydrogen (secondary N) is 1. The highest BCUT2D eigenvalue weighted by atomic mass is 127. The summed E-state index contributed by atoms with van der Waals surface area (Å²) >= 11 is 2.53. The van der Waals surface area contributed by atoms with Gasteiger partial charge in [0.05, 0.1) is 4.05 Å². The minimum Gasteiger partial charge on any atom is -0.254 e. The molecule has 3 atom stereocenters. The topological polar surface area (TPSA) is 15.3 Å². The van der Waals surface area contributed by atoms with Gasteiger partial charge in [0.25, 0.3) is 0 Å². The van der Waals surface area contributed by atoms with Crippen molar-refractivity contribution in [3.63, 3.8) is 0 Å². The standard InChI is InChI=1S/C6H11IN2/c7-6-5-1-3-8-9(6)4-2-5/h5-6,8H,1-4H2. The molecule has 3 heteroatoms. The molecule has 1 N–H and O–H groups in total. The molecule has 0 spiro atoms. The van der Waals surface area contributed by atoms with Crippen LogP contribution in [-0.4, -0.2) is 22.1 Å². The molecule has 2 bridgehead atoms. The molecule has 0 aromatic rings. The Morgan fingerprint density at radius 2 is 2.33 bits per heavy atom. The zero-order valence-corrected chi connectivity index (χ0v) is 7.47. The fourth-order valence-corrected chi connectivity index (χ4v) is 2.86. The van der Waals surface area contributed by atoms with E-state index < -0.39 is 0 Å². The molecule has 0 aliphatic carbocycles. The molecule has 2 aliphatic heterocycles. The highest BCUT2D eigenvalue weighted by molar-refractivity contribution is 14.1. The van der Waals surface area contributed by atoms with Crippen molar-refractivity contribution in [3.05, 3.63) is 0 Å². The second kappa shape index (κ2) is 2.36. The maximum absolute atomic E-state index is 3.39. The van der Waals surface area contributed by atoms with E-state index in [0.717, 1.165) is 9.97 Å². The molecule has 2 saturated heterocycles. The molecule has 0 saturated carbocycles. The van der Waals surface area contributed by atoms with Crippen molar-refractivity contribution in [2.24, 2.45) is 5.92 Å². The summed E-state index contributed by atoms with van der Waals surface area (Å²) in [7, 11) is 0. The van der Waals surface area contributed by atoms with E-state index in [-0.39, 0.29) is 0 Å². The van der Waals surface area contributed by atoms with Crippen LogP contribution in [0.4, 0.5) is 0 Å². The van der Waals surface area contributed by atoms with E-state index in [0.29, 0.717) is 0 Å². The van der Waals surface area contributed by atoms with Gasteiger partial charge in [-0.3, -0.25) is 5.43 Å². The van der Waals surface area contributed by atoms with Gasteiger partial charge >= 0.3 is 0 Å². The maximum atomic E-state index is 3.39. The summed E-state index contributed by atoms with van der Waals surface area (Å²) < 4.78 is 0.774. The SMILES string of the molecule is IC1C2CCNN1CC2. The number of rotatable bonds is 0. The average Bonchev–Trinajstić information content (AvgIpc) is 2.19. The molecule has 2 fully saturated rings. The Morgan fingerprint density at radius 3 is 3.00 bits per heavy atom. The molecular formula is C6H11IN2. The predicted octanol–water partition coefficient (Wildman–Crippen LogP) is 0.978. The van der Waals surface area contributed by atoms with Crippen molar-refractivity contribution in [3.8, 4) is 0 Å². The fourth-order valence-electron chi connectivity index (χ4n) is 1.66. The molecule has 3 unspecified atom stereocenters. The number of fused-ring (bicyclic) bond motifs is 2.